The number of aryl methyl sites for hydroxylation is 1. The molecule has 2 aromatic heterocycles. The zero-order valence-electron chi connectivity index (χ0n) is 22.3. The van der Waals surface area contributed by atoms with Crippen molar-refractivity contribution in [2.45, 2.75) is 64.7 Å². The van der Waals surface area contributed by atoms with Crippen LogP contribution in [0.3, 0.4) is 0 Å². The van der Waals surface area contributed by atoms with Crippen molar-refractivity contribution >= 4 is 34.8 Å². The van der Waals surface area contributed by atoms with Gasteiger partial charge in [-0.1, -0.05) is 13.3 Å². The van der Waals surface area contributed by atoms with Crippen LogP contribution in [0.4, 0.5) is 18.9 Å². The minimum atomic E-state index is -4.52. The molecule has 1 aliphatic heterocycles. The van der Waals surface area contributed by atoms with E-state index in [1.807, 2.05) is 19.1 Å². The number of rotatable bonds is 12. The van der Waals surface area contributed by atoms with Crippen LogP contribution in [-0.4, -0.2) is 53.7 Å². The number of thiophene rings is 1. The van der Waals surface area contributed by atoms with Gasteiger partial charge in [0.25, 0.3) is 5.91 Å². The number of carbonyl (C=O) groups excluding carboxylic acids is 1. The van der Waals surface area contributed by atoms with Gasteiger partial charge in [-0.25, -0.2) is 4.99 Å². The van der Waals surface area contributed by atoms with Gasteiger partial charge in [-0.2, -0.15) is 13.2 Å². The first-order valence-corrected chi connectivity index (χ1v) is 13.7. The molecule has 3 rings (SSSR count). The molecule has 0 fully saturated rings. The lowest BCUT2D eigenvalue weighted by Gasteiger charge is -2.24. The molecule has 0 saturated heterocycles. The molecule has 3 heterocycles. The van der Waals surface area contributed by atoms with E-state index in [4.69, 9.17) is 11.5 Å². The van der Waals surface area contributed by atoms with E-state index < -0.39 is 11.7 Å². The fourth-order valence-electron chi connectivity index (χ4n) is 4.38. The highest BCUT2D eigenvalue weighted by Gasteiger charge is 2.34. The summed E-state index contributed by atoms with van der Waals surface area (Å²) in [5.74, 6) is 0.0567. The average molecular weight is 551 g/mol. The highest BCUT2D eigenvalue weighted by Crippen LogP contribution is 2.36. The number of carbonyl (C=O) groups is 1. The molecule has 0 unspecified atom stereocenters. The van der Waals surface area contributed by atoms with Crippen molar-refractivity contribution in [3.05, 3.63) is 50.5 Å². The SMILES string of the molecule is CCCN(Cc1cc(C(F)(F)F)c(CN(C)C)cn1)C(=O)C1=Cc2sc(CCCCCN)cc2N=C(N)C1. The minimum absolute atomic E-state index is 0.0317. The average Bonchev–Trinajstić information content (AvgIpc) is 3.13. The second kappa shape index (κ2) is 13.3. The Morgan fingerprint density at radius 3 is 2.58 bits per heavy atom. The Labute approximate surface area is 226 Å². The van der Waals surface area contributed by atoms with Crippen LogP contribution in [0, 0.1) is 0 Å². The summed E-state index contributed by atoms with van der Waals surface area (Å²) in [4.78, 5) is 27.7. The monoisotopic (exact) mass is 550 g/mol. The van der Waals surface area contributed by atoms with Crippen LogP contribution in [0.1, 0.15) is 65.6 Å². The van der Waals surface area contributed by atoms with Crippen molar-refractivity contribution in [3.8, 4) is 0 Å². The number of halogens is 3. The number of pyridine rings is 1. The van der Waals surface area contributed by atoms with E-state index in [0.717, 1.165) is 42.3 Å². The summed E-state index contributed by atoms with van der Waals surface area (Å²) in [5, 5.41) is 0. The van der Waals surface area contributed by atoms with E-state index in [1.54, 1.807) is 35.2 Å². The molecule has 0 bridgehead atoms. The van der Waals surface area contributed by atoms with Crippen LogP contribution >= 0.6 is 11.3 Å². The number of aliphatic imine (C=N–C) groups is 1. The minimum Gasteiger partial charge on any atom is -0.387 e. The van der Waals surface area contributed by atoms with Gasteiger partial charge >= 0.3 is 6.18 Å². The van der Waals surface area contributed by atoms with Crippen LogP contribution < -0.4 is 11.5 Å². The molecule has 0 atom stereocenters. The second-order valence-corrected chi connectivity index (χ2v) is 11.0. The lowest BCUT2D eigenvalue weighted by Crippen LogP contribution is -2.34. The summed E-state index contributed by atoms with van der Waals surface area (Å²) >= 11 is 1.59. The van der Waals surface area contributed by atoms with Gasteiger partial charge in [0.1, 0.15) is 5.84 Å². The number of amidine groups is 1. The number of hydrogen-bond acceptors (Lipinski definition) is 7. The molecule has 0 radical (unpaired) electrons. The van der Waals surface area contributed by atoms with Crippen LogP contribution in [0.5, 0.6) is 0 Å². The highest BCUT2D eigenvalue weighted by atomic mass is 32.1. The number of nitrogens with zero attached hydrogens (tertiary/aromatic N) is 4. The number of amides is 1. The van der Waals surface area contributed by atoms with Crippen LogP contribution in [0.2, 0.25) is 0 Å². The maximum absolute atomic E-state index is 13.8. The van der Waals surface area contributed by atoms with E-state index in [0.29, 0.717) is 30.9 Å². The summed E-state index contributed by atoms with van der Waals surface area (Å²) < 4.78 is 41.4. The Balaban J connectivity index is 1.85. The molecule has 0 aromatic carbocycles. The lowest BCUT2D eigenvalue weighted by molar-refractivity contribution is -0.138. The smallest absolute Gasteiger partial charge is 0.387 e. The molecule has 11 heteroatoms. The zero-order chi connectivity index (χ0) is 27.9. The second-order valence-electron chi connectivity index (χ2n) is 9.81. The third-order valence-corrected chi connectivity index (χ3v) is 7.23. The van der Waals surface area contributed by atoms with E-state index in [1.165, 1.54) is 11.1 Å². The molecule has 0 saturated carbocycles. The molecule has 4 N–H and O–H groups in total. The standard InChI is InChI=1S/C27H37F3N6OS/c1-4-10-36(17-20-13-22(27(28,29)30)19(15-33-20)16-35(2)3)26(37)18-11-24-23(34-25(32)12-18)14-21(38-24)8-6-5-7-9-31/h11,13-15H,4-10,12,16-17,31H2,1-3H3,(H2,32,34). The van der Waals surface area contributed by atoms with Gasteiger partial charge in [0.15, 0.2) is 0 Å². The van der Waals surface area contributed by atoms with Gasteiger partial charge in [0.2, 0.25) is 0 Å². The number of hydrogen-bond donors (Lipinski definition) is 2. The highest BCUT2D eigenvalue weighted by molar-refractivity contribution is 7.13. The normalized spacial score (nSPS) is 13.7. The zero-order valence-corrected chi connectivity index (χ0v) is 23.1. The quantitative estimate of drug-likeness (QED) is 0.358. The number of unbranched alkanes of at least 4 members (excludes halogenated alkanes) is 2. The first-order valence-electron chi connectivity index (χ1n) is 12.9. The Morgan fingerprint density at radius 2 is 1.92 bits per heavy atom. The number of aromatic nitrogens is 1. The molecule has 1 aliphatic rings. The predicted octanol–water partition coefficient (Wildman–Crippen LogP) is 5.11. The largest absolute Gasteiger partial charge is 0.416 e. The summed E-state index contributed by atoms with van der Waals surface area (Å²) in [5.41, 5.74) is 12.5. The van der Waals surface area contributed by atoms with E-state index in [2.05, 4.69) is 9.98 Å². The molecule has 7 nitrogen and oxygen atoms in total. The number of alkyl halides is 3. The van der Waals surface area contributed by atoms with Crippen molar-refractivity contribution in [2.75, 3.05) is 27.2 Å². The van der Waals surface area contributed by atoms with Crippen molar-refractivity contribution in [2.24, 2.45) is 16.5 Å². The first-order chi connectivity index (χ1) is 18.0. The number of nitrogens with two attached hydrogens (primary N) is 2. The Hall–Kier alpha value is -2.76. The molecule has 38 heavy (non-hydrogen) atoms. The molecule has 208 valence electrons. The topological polar surface area (TPSA) is 101 Å². The Bertz CT molecular complexity index is 1170. The maximum Gasteiger partial charge on any atom is 0.416 e. The van der Waals surface area contributed by atoms with Gasteiger partial charge in [0, 0.05) is 36.2 Å². The summed E-state index contributed by atoms with van der Waals surface area (Å²) in [6.07, 6.45) is 3.35. The molecule has 0 aliphatic carbocycles. The Morgan fingerprint density at radius 1 is 1.16 bits per heavy atom. The van der Waals surface area contributed by atoms with Crippen molar-refractivity contribution in [3.63, 3.8) is 0 Å². The van der Waals surface area contributed by atoms with Crippen molar-refractivity contribution < 1.29 is 18.0 Å². The summed E-state index contributed by atoms with van der Waals surface area (Å²) in [6.45, 7) is 3.05. The predicted molar refractivity (Wildman–Crippen MR) is 147 cm³/mol. The summed E-state index contributed by atoms with van der Waals surface area (Å²) in [6, 6.07) is 3.07. The van der Waals surface area contributed by atoms with Gasteiger partial charge < -0.3 is 21.3 Å². The van der Waals surface area contributed by atoms with E-state index >= 15 is 0 Å². The molecular weight excluding hydrogens is 513 g/mol. The van der Waals surface area contributed by atoms with Gasteiger partial charge in [-0.05, 0) is 70.1 Å². The molecular formula is C27H37F3N6OS. The lowest BCUT2D eigenvalue weighted by atomic mass is 10.1. The fourth-order valence-corrected chi connectivity index (χ4v) is 5.49. The molecule has 0 spiro atoms. The van der Waals surface area contributed by atoms with E-state index in [9.17, 15) is 18.0 Å². The maximum atomic E-state index is 13.8. The first kappa shape index (κ1) is 29.8. The van der Waals surface area contributed by atoms with Gasteiger partial charge in [-0.15, -0.1) is 11.3 Å². The van der Waals surface area contributed by atoms with Crippen LogP contribution in [-0.2, 0) is 30.5 Å². The van der Waals surface area contributed by atoms with Crippen molar-refractivity contribution in [1.82, 2.24) is 14.8 Å². The fraction of sp³-hybridized carbons (Fsp3) is 0.519. The Kier molecular flexibility index (Phi) is 10.5. The summed E-state index contributed by atoms with van der Waals surface area (Å²) in [7, 11) is 3.41. The van der Waals surface area contributed by atoms with Crippen molar-refractivity contribution in [1.29, 1.82) is 0 Å². The molecule has 1 amide bonds. The van der Waals surface area contributed by atoms with Crippen LogP contribution in [0.25, 0.3) is 6.08 Å². The number of fused-ring (bicyclic) bond motifs is 1. The van der Waals surface area contributed by atoms with Gasteiger partial charge in [0.05, 0.1) is 28.4 Å². The van der Waals surface area contributed by atoms with Crippen LogP contribution in [0.15, 0.2) is 28.9 Å². The third-order valence-electron chi connectivity index (χ3n) is 6.10. The van der Waals surface area contributed by atoms with E-state index in [-0.39, 0.29) is 36.7 Å². The third kappa shape index (κ3) is 8.12. The van der Waals surface area contributed by atoms with Gasteiger partial charge in [-0.3, -0.25) is 9.78 Å². The molecule has 2 aromatic rings.